The van der Waals surface area contributed by atoms with Crippen molar-refractivity contribution in [3.05, 3.63) is 52.6 Å². The van der Waals surface area contributed by atoms with Crippen molar-refractivity contribution in [1.29, 1.82) is 5.26 Å². The summed E-state index contributed by atoms with van der Waals surface area (Å²) in [6, 6.07) is 11.7. The number of rotatable bonds is 8. The first-order chi connectivity index (χ1) is 16.4. The summed E-state index contributed by atoms with van der Waals surface area (Å²) in [5.41, 5.74) is 5.83. The van der Waals surface area contributed by atoms with Crippen LogP contribution in [-0.4, -0.2) is 40.0 Å². The van der Waals surface area contributed by atoms with Crippen LogP contribution in [0.4, 0.5) is 0 Å². The molecule has 0 spiro atoms. The van der Waals surface area contributed by atoms with Crippen LogP contribution in [-0.2, 0) is 17.8 Å². The second kappa shape index (κ2) is 10.2. The lowest BCUT2D eigenvalue weighted by atomic mass is 9.91. The van der Waals surface area contributed by atoms with Crippen LogP contribution < -0.4 is 4.74 Å². The highest BCUT2D eigenvalue weighted by Gasteiger charge is 2.22. The third-order valence-corrected chi connectivity index (χ3v) is 6.25. The monoisotopic (exact) mass is 458 g/mol. The van der Waals surface area contributed by atoms with Crippen LogP contribution in [0.3, 0.4) is 0 Å². The molecule has 1 aliphatic heterocycles. The van der Waals surface area contributed by atoms with Crippen LogP contribution in [0.2, 0.25) is 0 Å². The first kappa shape index (κ1) is 23.7. The van der Waals surface area contributed by atoms with Gasteiger partial charge in [0.2, 0.25) is 5.82 Å². The summed E-state index contributed by atoms with van der Waals surface area (Å²) in [5, 5.41) is 13.7. The lowest BCUT2D eigenvalue weighted by Crippen LogP contribution is -2.32. The Labute approximate surface area is 200 Å². The van der Waals surface area contributed by atoms with Crippen molar-refractivity contribution in [3.8, 4) is 34.7 Å². The molecule has 0 fully saturated rings. The van der Waals surface area contributed by atoms with E-state index in [0.29, 0.717) is 47.2 Å². The number of aromatic nitrogens is 2. The smallest absolute Gasteiger partial charge is 0.258 e. The zero-order valence-corrected chi connectivity index (χ0v) is 20.2. The topological polar surface area (TPSA) is 92.3 Å². The highest BCUT2D eigenvalue weighted by molar-refractivity contribution is 5.78. The summed E-state index contributed by atoms with van der Waals surface area (Å²) in [5.74, 6) is 1.76. The number of carbonyl (C=O) groups excluding carboxylic acids is 1. The van der Waals surface area contributed by atoms with E-state index in [2.05, 4.69) is 34.1 Å². The Morgan fingerprint density at radius 2 is 2.12 bits per heavy atom. The Morgan fingerprint density at radius 3 is 2.85 bits per heavy atom. The molecule has 4 rings (SSSR count). The molecule has 7 nitrogen and oxygen atoms in total. The number of Topliss-reactive ketones (excluding diaryl/α,β-unsaturated/α-hetero) is 1. The van der Waals surface area contributed by atoms with E-state index in [9.17, 15) is 10.1 Å². The number of ketones is 1. The minimum atomic E-state index is -0.0224. The van der Waals surface area contributed by atoms with Gasteiger partial charge in [-0.1, -0.05) is 24.2 Å². The Morgan fingerprint density at radius 1 is 1.29 bits per heavy atom. The van der Waals surface area contributed by atoms with E-state index in [1.54, 1.807) is 12.1 Å². The maximum Gasteiger partial charge on any atom is 0.258 e. The highest BCUT2D eigenvalue weighted by atomic mass is 16.5. The first-order valence-corrected chi connectivity index (χ1v) is 11.8. The van der Waals surface area contributed by atoms with Crippen molar-refractivity contribution in [3.63, 3.8) is 0 Å². The predicted molar refractivity (Wildman–Crippen MR) is 129 cm³/mol. The second-order valence-electron chi connectivity index (χ2n) is 8.96. The Hall–Kier alpha value is -3.50. The van der Waals surface area contributed by atoms with Crippen LogP contribution in [0, 0.1) is 18.3 Å². The fraction of sp³-hybridized carbons (Fsp3) is 0.407. The summed E-state index contributed by atoms with van der Waals surface area (Å²) >= 11 is 0. The molecule has 0 atom stereocenters. The van der Waals surface area contributed by atoms with Crippen molar-refractivity contribution in [2.45, 2.75) is 59.6 Å². The number of hydrogen-bond donors (Lipinski definition) is 0. The summed E-state index contributed by atoms with van der Waals surface area (Å²) < 4.78 is 11.3. The molecule has 0 bridgehead atoms. The molecule has 2 aromatic carbocycles. The number of nitriles is 1. The average Bonchev–Trinajstić information content (AvgIpc) is 3.32. The predicted octanol–water partition coefficient (Wildman–Crippen LogP) is 5.10. The molecule has 0 unspecified atom stereocenters. The SMILES string of the molecule is CCC(=O)CCN1CCc2c(ccc(-c3noc(-c4ccc(OC(C)C)c(C#N)c4)n3)c2C)C1. The van der Waals surface area contributed by atoms with Crippen molar-refractivity contribution in [2.24, 2.45) is 0 Å². The summed E-state index contributed by atoms with van der Waals surface area (Å²) in [6.07, 6.45) is 2.13. The Balaban J connectivity index is 1.55. The molecule has 7 heteroatoms. The van der Waals surface area contributed by atoms with Crippen LogP contribution >= 0.6 is 0 Å². The van der Waals surface area contributed by atoms with Gasteiger partial charge in [0.05, 0.1) is 11.7 Å². The molecule has 34 heavy (non-hydrogen) atoms. The molecule has 0 radical (unpaired) electrons. The van der Waals surface area contributed by atoms with Crippen molar-refractivity contribution >= 4 is 5.78 Å². The number of benzene rings is 2. The molecular weight excluding hydrogens is 428 g/mol. The number of ether oxygens (including phenoxy) is 1. The van der Waals surface area contributed by atoms with Gasteiger partial charge in [-0.3, -0.25) is 9.69 Å². The van der Waals surface area contributed by atoms with E-state index >= 15 is 0 Å². The molecule has 0 N–H and O–H groups in total. The number of carbonyl (C=O) groups is 1. The fourth-order valence-corrected chi connectivity index (χ4v) is 4.35. The number of hydrogen-bond acceptors (Lipinski definition) is 7. The quantitative estimate of drug-likeness (QED) is 0.464. The van der Waals surface area contributed by atoms with Crippen molar-refractivity contribution < 1.29 is 14.1 Å². The molecule has 0 amide bonds. The Kier molecular flexibility index (Phi) is 7.09. The maximum absolute atomic E-state index is 11.7. The van der Waals surface area contributed by atoms with Crippen LogP contribution in [0.1, 0.15) is 55.9 Å². The standard InChI is InChI=1S/C27H30N4O3/c1-5-22(32)10-12-31-13-11-23-18(4)24(8-6-20(23)16-31)26-29-27(34-30-26)19-7-9-25(33-17(2)3)21(14-19)15-28/h6-9,14,17H,5,10-13,16H2,1-4H3. The van der Waals surface area contributed by atoms with Gasteiger partial charge in [-0.25, -0.2) is 0 Å². The highest BCUT2D eigenvalue weighted by Crippen LogP contribution is 2.32. The normalized spacial score (nSPS) is 13.5. The number of fused-ring (bicyclic) bond motifs is 1. The van der Waals surface area contributed by atoms with E-state index in [4.69, 9.17) is 9.26 Å². The maximum atomic E-state index is 11.7. The van der Waals surface area contributed by atoms with Gasteiger partial charge in [0.1, 0.15) is 17.6 Å². The third-order valence-electron chi connectivity index (χ3n) is 6.25. The van der Waals surface area contributed by atoms with E-state index in [0.717, 1.165) is 37.2 Å². The van der Waals surface area contributed by atoms with E-state index in [1.165, 1.54) is 11.1 Å². The van der Waals surface area contributed by atoms with E-state index < -0.39 is 0 Å². The molecular formula is C27H30N4O3. The summed E-state index contributed by atoms with van der Waals surface area (Å²) in [4.78, 5) is 18.7. The van der Waals surface area contributed by atoms with E-state index in [-0.39, 0.29) is 6.10 Å². The first-order valence-electron chi connectivity index (χ1n) is 11.8. The largest absolute Gasteiger partial charge is 0.490 e. The van der Waals surface area contributed by atoms with Crippen molar-refractivity contribution in [1.82, 2.24) is 15.0 Å². The zero-order chi connectivity index (χ0) is 24.2. The van der Waals surface area contributed by atoms with E-state index in [1.807, 2.05) is 32.9 Å². The Bertz CT molecular complexity index is 1240. The van der Waals surface area contributed by atoms with Crippen LogP contribution in [0.25, 0.3) is 22.8 Å². The third kappa shape index (κ3) is 5.02. The lowest BCUT2D eigenvalue weighted by Gasteiger charge is -2.30. The molecule has 0 saturated heterocycles. The summed E-state index contributed by atoms with van der Waals surface area (Å²) in [7, 11) is 0. The molecule has 3 aromatic rings. The zero-order valence-electron chi connectivity index (χ0n) is 20.2. The van der Waals surface area contributed by atoms with Gasteiger partial charge in [0.15, 0.2) is 0 Å². The van der Waals surface area contributed by atoms with Crippen LogP contribution in [0.5, 0.6) is 5.75 Å². The second-order valence-corrected chi connectivity index (χ2v) is 8.96. The van der Waals surface area contributed by atoms with Crippen molar-refractivity contribution in [2.75, 3.05) is 13.1 Å². The lowest BCUT2D eigenvalue weighted by molar-refractivity contribution is -0.119. The minimum Gasteiger partial charge on any atom is -0.490 e. The van der Waals surface area contributed by atoms with Crippen LogP contribution in [0.15, 0.2) is 34.9 Å². The number of nitrogens with zero attached hydrogens (tertiary/aromatic N) is 4. The van der Waals surface area contributed by atoms with Gasteiger partial charge >= 0.3 is 0 Å². The minimum absolute atomic E-state index is 0.0224. The molecule has 176 valence electrons. The van der Waals surface area contributed by atoms with Gasteiger partial charge in [0, 0.05) is 43.6 Å². The molecule has 2 heterocycles. The van der Waals surface area contributed by atoms with Gasteiger partial charge in [-0.15, -0.1) is 0 Å². The van der Waals surface area contributed by atoms with Gasteiger partial charge < -0.3 is 9.26 Å². The molecule has 0 saturated carbocycles. The van der Waals surface area contributed by atoms with Gasteiger partial charge in [0.25, 0.3) is 5.89 Å². The average molecular weight is 459 g/mol. The van der Waals surface area contributed by atoms with Gasteiger partial charge in [-0.2, -0.15) is 10.2 Å². The summed E-state index contributed by atoms with van der Waals surface area (Å²) in [6.45, 7) is 10.5. The molecule has 1 aliphatic rings. The molecule has 1 aromatic heterocycles. The van der Waals surface area contributed by atoms with Gasteiger partial charge in [-0.05, 0) is 62.1 Å². The fourth-order valence-electron chi connectivity index (χ4n) is 4.35. The molecule has 0 aliphatic carbocycles.